The lowest BCUT2D eigenvalue weighted by Crippen LogP contribution is -2.39. The number of nitrogens with one attached hydrogen (secondary N) is 2. The molecule has 112 valence electrons. The highest BCUT2D eigenvalue weighted by atomic mass is 16.5. The van der Waals surface area contributed by atoms with Gasteiger partial charge in [-0.15, -0.1) is 0 Å². The summed E-state index contributed by atoms with van der Waals surface area (Å²) < 4.78 is 10.0. The van der Waals surface area contributed by atoms with Crippen LogP contribution in [0.25, 0.3) is 0 Å². The number of esters is 1. The molecule has 0 radical (unpaired) electrons. The molecule has 0 aliphatic carbocycles. The second kappa shape index (κ2) is 6.25. The molecule has 0 saturated heterocycles. The Kier molecular flexibility index (Phi) is 4.42. The van der Waals surface area contributed by atoms with E-state index in [9.17, 15) is 14.4 Å². The van der Waals surface area contributed by atoms with Crippen LogP contribution in [0.2, 0.25) is 0 Å². The van der Waals surface area contributed by atoms with E-state index < -0.39 is 17.9 Å². The molecule has 1 aromatic rings. The lowest BCUT2D eigenvalue weighted by molar-refractivity contribution is -0.144. The maximum absolute atomic E-state index is 12.1. The summed E-state index contributed by atoms with van der Waals surface area (Å²) in [6.07, 6.45) is 0. The number of rotatable bonds is 4. The van der Waals surface area contributed by atoms with Gasteiger partial charge in [-0.2, -0.15) is 0 Å². The van der Waals surface area contributed by atoms with Crippen molar-refractivity contribution < 1.29 is 23.9 Å². The summed E-state index contributed by atoms with van der Waals surface area (Å²) in [7, 11) is 0. The number of hydrogen-bond acceptors (Lipinski definition) is 5. The van der Waals surface area contributed by atoms with E-state index in [1.54, 1.807) is 26.0 Å². The van der Waals surface area contributed by atoms with Crippen LogP contribution in [0.4, 0.5) is 5.69 Å². The first kappa shape index (κ1) is 14.8. The van der Waals surface area contributed by atoms with E-state index in [0.29, 0.717) is 17.0 Å². The average molecular weight is 292 g/mol. The Balaban J connectivity index is 2.08. The number of benzene rings is 1. The summed E-state index contributed by atoms with van der Waals surface area (Å²) in [6.45, 7) is 3.44. The average Bonchev–Trinajstić information content (AvgIpc) is 2.46. The van der Waals surface area contributed by atoms with Gasteiger partial charge in [-0.3, -0.25) is 9.59 Å². The number of fused-ring (bicyclic) bond motifs is 1. The third-order valence-electron chi connectivity index (χ3n) is 2.86. The van der Waals surface area contributed by atoms with Gasteiger partial charge in [0.1, 0.15) is 11.8 Å². The highest BCUT2D eigenvalue weighted by Gasteiger charge is 2.20. The Morgan fingerprint density at radius 3 is 2.95 bits per heavy atom. The van der Waals surface area contributed by atoms with Crippen molar-refractivity contribution in [1.29, 1.82) is 0 Å². The molecule has 1 heterocycles. The molecular formula is C14H16N2O5. The summed E-state index contributed by atoms with van der Waals surface area (Å²) in [5.41, 5.74) is 0.749. The van der Waals surface area contributed by atoms with E-state index in [0.717, 1.165) is 0 Å². The third-order valence-corrected chi connectivity index (χ3v) is 2.86. The largest absolute Gasteiger partial charge is 0.482 e. The molecule has 7 nitrogen and oxygen atoms in total. The minimum atomic E-state index is -0.751. The minimum Gasteiger partial charge on any atom is -0.482 e. The molecule has 0 bridgehead atoms. The summed E-state index contributed by atoms with van der Waals surface area (Å²) in [5.74, 6) is -0.705. The second-order valence-electron chi connectivity index (χ2n) is 4.49. The highest BCUT2D eigenvalue weighted by Crippen LogP contribution is 2.28. The van der Waals surface area contributed by atoms with Crippen LogP contribution in [-0.2, 0) is 14.3 Å². The summed E-state index contributed by atoms with van der Waals surface area (Å²) in [6, 6.07) is 3.90. The van der Waals surface area contributed by atoms with E-state index >= 15 is 0 Å². The van der Waals surface area contributed by atoms with E-state index in [1.165, 1.54) is 6.07 Å². The lowest BCUT2D eigenvalue weighted by atomic mass is 10.1. The van der Waals surface area contributed by atoms with E-state index in [4.69, 9.17) is 9.47 Å². The standard InChI is InChI=1S/C14H16N2O5/c1-3-20-14(19)8(2)15-13(18)9-4-5-11-10(6-9)16-12(17)7-21-11/h4-6,8H,3,7H2,1-2H3,(H,15,18)(H,16,17). The number of carbonyl (C=O) groups excluding carboxylic acids is 3. The Morgan fingerprint density at radius 2 is 2.24 bits per heavy atom. The van der Waals surface area contributed by atoms with Crippen LogP contribution in [-0.4, -0.2) is 37.0 Å². The van der Waals surface area contributed by atoms with Crippen molar-refractivity contribution in [3.05, 3.63) is 23.8 Å². The Labute approximate surface area is 121 Å². The second-order valence-corrected chi connectivity index (χ2v) is 4.49. The molecule has 2 amide bonds. The minimum absolute atomic E-state index is 0.0432. The molecule has 0 aromatic heterocycles. The van der Waals surface area contributed by atoms with Crippen molar-refractivity contribution in [3.8, 4) is 5.75 Å². The first-order valence-electron chi connectivity index (χ1n) is 6.55. The van der Waals surface area contributed by atoms with Crippen LogP contribution in [0.3, 0.4) is 0 Å². The molecule has 1 aromatic carbocycles. The van der Waals surface area contributed by atoms with Gasteiger partial charge < -0.3 is 20.1 Å². The van der Waals surface area contributed by atoms with Crippen LogP contribution in [0.5, 0.6) is 5.75 Å². The normalized spacial score (nSPS) is 14.3. The van der Waals surface area contributed by atoms with E-state index in [1.807, 2.05) is 0 Å². The molecular weight excluding hydrogens is 276 g/mol. The maximum Gasteiger partial charge on any atom is 0.328 e. The molecule has 0 fully saturated rings. The van der Waals surface area contributed by atoms with Crippen LogP contribution < -0.4 is 15.4 Å². The van der Waals surface area contributed by atoms with Crippen molar-refractivity contribution in [2.24, 2.45) is 0 Å². The van der Waals surface area contributed by atoms with Crippen molar-refractivity contribution in [2.75, 3.05) is 18.5 Å². The molecule has 0 saturated carbocycles. The van der Waals surface area contributed by atoms with Gasteiger partial charge in [0.2, 0.25) is 0 Å². The molecule has 1 aliphatic heterocycles. The van der Waals surface area contributed by atoms with E-state index in [2.05, 4.69) is 10.6 Å². The number of anilines is 1. The summed E-state index contributed by atoms with van der Waals surface area (Å²) >= 11 is 0. The number of ether oxygens (including phenoxy) is 2. The predicted octanol–water partition coefficient (Wildman–Crippen LogP) is 0.699. The SMILES string of the molecule is CCOC(=O)C(C)NC(=O)c1ccc2c(c1)NC(=O)CO2. The summed E-state index contributed by atoms with van der Waals surface area (Å²) in [4.78, 5) is 34.8. The first-order valence-corrected chi connectivity index (χ1v) is 6.55. The fraction of sp³-hybridized carbons (Fsp3) is 0.357. The molecule has 0 spiro atoms. The maximum atomic E-state index is 12.1. The quantitative estimate of drug-likeness (QED) is 0.797. The third kappa shape index (κ3) is 3.50. The smallest absolute Gasteiger partial charge is 0.328 e. The molecule has 1 atom stereocenters. The molecule has 1 aliphatic rings. The number of amides is 2. The van der Waals surface area contributed by atoms with Gasteiger partial charge in [-0.25, -0.2) is 4.79 Å². The van der Waals surface area contributed by atoms with Gasteiger partial charge in [0.15, 0.2) is 6.61 Å². The Morgan fingerprint density at radius 1 is 1.48 bits per heavy atom. The van der Waals surface area contributed by atoms with E-state index in [-0.39, 0.29) is 19.1 Å². The van der Waals surface area contributed by atoms with Gasteiger partial charge in [0.25, 0.3) is 11.8 Å². The van der Waals surface area contributed by atoms with Gasteiger partial charge >= 0.3 is 5.97 Å². The van der Waals surface area contributed by atoms with Gasteiger partial charge in [0, 0.05) is 5.56 Å². The van der Waals surface area contributed by atoms with Crippen molar-refractivity contribution in [1.82, 2.24) is 5.32 Å². The first-order chi connectivity index (χ1) is 10.0. The zero-order valence-corrected chi connectivity index (χ0v) is 11.8. The fourth-order valence-corrected chi connectivity index (χ4v) is 1.83. The topological polar surface area (TPSA) is 93.7 Å². The summed E-state index contributed by atoms with van der Waals surface area (Å²) in [5, 5.41) is 5.15. The Bertz CT molecular complexity index is 585. The van der Waals surface area contributed by atoms with Crippen LogP contribution >= 0.6 is 0 Å². The molecule has 1 unspecified atom stereocenters. The number of carbonyl (C=O) groups is 3. The molecule has 2 N–H and O–H groups in total. The van der Waals surface area contributed by atoms with Crippen LogP contribution in [0, 0.1) is 0 Å². The van der Waals surface area contributed by atoms with Crippen LogP contribution in [0.15, 0.2) is 18.2 Å². The monoisotopic (exact) mass is 292 g/mol. The van der Waals surface area contributed by atoms with Crippen molar-refractivity contribution in [2.45, 2.75) is 19.9 Å². The molecule has 21 heavy (non-hydrogen) atoms. The Hall–Kier alpha value is -2.57. The number of hydrogen-bond donors (Lipinski definition) is 2. The van der Waals surface area contributed by atoms with Gasteiger partial charge in [-0.05, 0) is 32.0 Å². The van der Waals surface area contributed by atoms with Crippen molar-refractivity contribution in [3.63, 3.8) is 0 Å². The highest BCUT2D eigenvalue weighted by molar-refractivity contribution is 6.00. The lowest BCUT2D eigenvalue weighted by Gasteiger charge is -2.19. The molecule has 7 heteroatoms. The van der Waals surface area contributed by atoms with Gasteiger partial charge in [-0.1, -0.05) is 0 Å². The van der Waals surface area contributed by atoms with Crippen LogP contribution in [0.1, 0.15) is 24.2 Å². The zero-order valence-electron chi connectivity index (χ0n) is 11.8. The van der Waals surface area contributed by atoms with Crippen molar-refractivity contribution >= 4 is 23.5 Å². The predicted molar refractivity (Wildman–Crippen MR) is 74.1 cm³/mol. The fourth-order valence-electron chi connectivity index (χ4n) is 1.83. The molecule has 2 rings (SSSR count). The van der Waals surface area contributed by atoms with Gasteiger partial charge in [0.05, 0.1) is 12.3 Å². The zero-order chi connectivity index (χ0) is 15.4.